The van der Waals surface area contributed by atoms with E-state index in [9.17, 15) is 0 Å². The molecule has 0 aromatic carbocycles. The van der Waals surface area contributed by atoms with Gasteiger partial charge >= 0.3 is 0 Å². The molecule has 0 aliphatic rings. The van der Waals surface area contributed by atoms with Gasteiger partial charge in [0.25, 0.3) is 0 Å². The molecule has 0 fully saturated rings. The molecule has 0 rings (SSSR count). The highest BCUT2D eigenvalue weighted by Crippen LogP contribution is 2.25. The summed E-state index contributed by atoms with van der Waals surface area (Å²) in [6.45, 7) is 6.81. The molecule has 2 heteroatoms. The molecule has 0 aromatic rings. The summed E-state index contributed by atoms with van der Waals surface area (Å²) in [5.41, 5.74) is 0. The maximum atomic E-state index is 5.76. The highest BCUT2D eigenvalue weighted by Gasteiger charge is 2.14. The van der Waals surface area contributed by atoms with E-state index in [4.69, 9.17) is 11.6 Å². The summed E-state index contributed by atoms with van der Waals surface area (Å²) in [4.78, 5) is 0. The van der Waals surface area contributed by atoms with E-state index in [0.717, 1.165) is 5.88 Å². The normalized spacial score (nSPS) is 13.3. The lowest BCUT2D eigenvalue weighted by Crippen LogP contribution is -2.13. The van der Waals surface area contributed by atoms with E-state index in [1.54, 1.807) is 0 Å². The second-order valence-electron chi connectivity index (χ2n) is 3.40. The summed E-state index contributed by atoms with van der Waals surface area (Å²) in [6, 6.07) is 1.44. The Hall–Kier alpha value is 0.507. The van der Waals surface area contributed by atoms with Gasteiger partial charge in [0.15, 0.2) is 0 Å². The Bertz CT molecular complexity index is 71.3. The number of hydrogen-bond donors (Lipinski definition) is 0. The fraction of sp³-hybridized carbons (Fsp3) is 1.00. The smallest absolute Gasteiger partial charge is 0.0279 e. The SMILES string of the molecule is CCC[SiH2]C(C)(C)CCl. The van der Waals surface area contributed by atoms with Crippen molar-refractivity contribution < 1.29 is 0 Å². The van der Waals surface area contributed by atoms with Gasteiger partial charge in [-0.15, -0.1) is 11.6 Å². The van der Waals surface area contributed by atoms with Crippen molar-refractivity contribution in [2.75, 3.05) is 5.88 Å². The Balaban J connectivity index is 3.33. The molecule has 0 amide bonds. The quantitative estimate of drug-likeness (QED) is 0.443. The first-order valence-electron chi connectivity index (χ1n) is 3.68. The summed E-state index contributed by atoms with van der Waals surface area (Å²) < 4.78 is 0. The van der Waals surface area contributed by atoms with Crippen LogP contribution in [0.5, 0.6) is 0 Å². The van der Waals surface area contributed by atoms with Crippen LogP contribution in [0.25, 0.3) is 0 Å². The minimum absolute atomic E-state index is 0.107. The first-order valence-corrected chi connectivity index (χ1v) is 5.92. The van der Waals surface area contributed by atoms with Gasteiger partial charge in [-0.25, -0.2) is 0 Å². The lowest BCUT2D eigenvalue weighted by molar-refractivity contribution is 0.753. The van der Waals surface area contributed by atoms with Crippen molar-refractivity contribution in [1.82, 2.24) is 0 Å². The van der Waals surface area contributed by atoms with Gasteiger partial charge in [-0.2, -0.15) is 0 Å². The molecule has 0 spiro atoms. The summed E-state index contributed by atoms with van der Waals surface area (Å²) >= 11 is 5.76. The van der Waals surface area contributed by atoms with Crippen LogP contribution >= 0.6 is 11.6 Å². The third-order valence-electron chi connectivity index (χ3n) is 1.57. The van der Waals surface area contributed by atoms with Crippen molar-refractivity contribution in [2.45, 2.75) is 38.3 Å². The van der Waals surface area contributed by atoms with Crippen LogP contribution in [0.3, 0.4) is 0 Å². The summed E-state index contributed by atoms with van der Waals surface area (Å²) in [7, 11) is 0.107. The molecule has 0 aliphatic carbocycles. The summed E-state index contributed by atoms with van der Waals surface area (Å²) in [5.74, 6) is 0.846. The minimum atomic E-state index is 0.107. The van der Waals surface area contributed by atoms with Gasteiger partial charge in [-0.3, -0.25) is 0 Å². The van der Waals surface area contributed by atoms with E-state index in [1.165, 1.54) is 12.5 Å². The highest BCUT2D eigenvalue weighted by molar-refractivity contribution is 6.42. The number of alkyl halides is 1. The van der Waals surface area contributed by atoms with E-state index in [2.05, 4.69) is 20.8 Å². The zero-order valence-electron chi connectivity index (χ0n) is 6.71. The van der Waals surface area contributed by atoms with Gasteiger partial charge < -0.3 is 0 Å². The van der Waals surface area contributed by atoms with Crippen molar-refractivity contribution >= 4 is 21.1 Å². The number of halogens is 1. The average molecular weight is 165 g/mol. The molecule has 0 unspecified atom stereocenters. The van der Waals surface area contributed by atoms with Crippen molar-refractivity contribution in [1.29, 1.82) is 0 Å². The van der Waals surface area contributed by atoms with Crippen molar-refractivity contribution in [3.63, 3.8) is 0 Å². The first kappa shape index (κ1) is 9.51. The van der Waals surface area contributed by atoms with Gasteiger partial charge in [0.2, 0.25) is 0 Å². The molecule has 0 N–H and O–H groups in total. The van der Waals surface area contributed by atoms with E-state index in [-0.39, 0.29) is 9.52 Å². The molecular weight excluding hydrogens is 148 g/mol. The highest BCUT2D eigenvalue weighted by atomic mass is 35.5. The van der Waals surface area contributed by atoms with E-state index < -0.39 is 0 Å². The van der Waals surface area contributed by atoms with Gasteiger partial charge in [0.1, 0.15) is 0 Å². The van der Waals surface area contributed by atoms with Crippen LogP contribution in [0.1, 0.15) is 27.2 Å². The van der Waals surface area contributed by atoms with E-state index in [1.807, 2.05) is 0 Å². The first-order chi connectivity index (χ1) is 4.12. The standard InChI is InChI=1S/C7H17ClSi/c1-4-5-9-7(2,3)6-8/h4-6,9H2,1-3H3. The van der Waals surface area contributed by atoms with Gasteiger partial charge in [0, 0.05) is 15.4 Å². The number of rotatable bonds is 4. The van der Waals surface area contributed by atoms with E-state index in [0.29, 0.717) is 5.04 Å². The Labute approximate surface area is 65.8 Å². The topological polar surface area (TPSA) is 0 Å². The molecular formula is C7H17ClSi. The van der Waals surface area contributed by atoms with Crippen LogP contribution in [-0.4, -0.2) is 15.4 Å². The Morgan fingerprint density at radius 1 is 1.44 bits per heavy atom. The van der Waals surface area contributed by atoms with Gasteiger partial charge in [-0.05, 0) is 5.04 Å². The zero-order valence-corrected chi connectivity index (χ0v) is 8.88. The largest absolute Gasteiger partial charge is 0.126 e. The van der Waals surface area contributed by atoms with Crippen LogP contribution in [-0.2, 0) is 0 Å². The maximum absolute atomic E-state index is 5.76. The molecule has 0 bridgehead atoms. The van der Waals surface area contributed by atoms with Crippen molar-refractivity contribution in [3.8, 4) is 0 Å². The van der Waals surface area contributed by atoms with Crippen LogP contribution in [0.4, 0.5) is 0 Å². The molecule has 0 saturated carbocycles. The third kappa shape index (κ3) is 4.98. The molecule has 0 saturated heterocycles. The molecule has 0 heterocycles. The van der Waals surface area contributed by atoms with Crippen LogP contribution < -0.4 is 0 Å². The molecule has 0 aromatic heterocycles. The van der Waals surface area contributed by atoms with Crippen LogP contribution in [0, 0.1) is 0 Å². The molecule has 0 atom stereocenters. The van der Waals surface area contributed by atoms with Crippen molar-refractivity contribution in [3.05, 3.63) is 0 Å². The monoisotopic (exact) mass is 164 g/mol. The van der Waals surface area contributed by atoms with Crippen LogP contribution in [0.2, 0.25) is 11.1 Å². The lowest BCUT2D eigenvalue weighted by atomic mass is 10.2. The van der Waals surface area contributed by atoms with E-state index >= 15 is 0 Å². The predicted octanol–water partition coefficient (Wildman–Crippen LogP) is 2.42. The zero-order chi connectivity index (χ0) is 7.33. The Kier molecular flexibility index (Phi) is 4.59. The fourth-order valence-electron chi connectivity index (χ4n) is 0.722. The molecule has 56 valence electrons. The molecule has 0 nitrogen and oxygen atoms in total. The maximum Gasteiger partial charge on any atom is 0.0279 e. The average Bonchev–Trinajstić information content (AvgIpc) is 1.84. The Morgan fingerprint density at radius 2 is 2.00 bits per heavy atom. The second-order valence-corrected chi connectivity index (χ2v) is 6.79. The second kappa shape index (κ2) is 4.34. The fourth-order valence-corrected chi connectivity index (χ4v) is 2.57. The predicted molar refractivity (Wildman–Crippen MR) is 48.4 cm³/mol. The van der Waals surface area contributed by atoms with Crippen LogP contribution in [0.15, 0.2) is 0 Å². The Morgan fingerprint density at radius 3 is 2.33 bits per heavy atom. The molecule has 0 radical (unpaired) electrons. The third-order valence-corrected chi connectivity index (χ3v) is 5.27. The van der Waals surface area contributed by atoms with Crippen molar-refractivity contribution in [2.24, 2.45) is 0 Å². The number of hydrogen-bond acceptors (Lipinski definition) is 0. The molecule has 0 aliphatic heterocycles. The minimum Gasteiger partial charge on any atom is -0.126 e. The molecule has 9 heavy (non-hydrogen) atoms. The van der Waals surface area contributed by atoms with Gasteiger partial charge in [-0.1, -0.05) is 33.2 Å². The van der Waals surface area contributed by atoms with Gasteiger partial charge in [0.05, 0.1) is 0 Å². The summed E-state index contributed by atoms with van der Waals surface area (Å²) in [5, 5.41) is 0.498. The summed E-state index contributed by atoms with van der Waals surface area (Å²) in [6.07, 6.45) is 1.34. The lowest BCUT2D eigenvalue weighted by Gasteiger charge is -2.19.